The molecule has 0 saturated carbocycles. The van der Waals surface area contributed by atoms with Crippen molar-refractivity contribution < 1.29 is 13.3 Å². The lowest BCUT2D eigenvalue weighted by molar-refractivity contribution is 0.588. The zero-order valence-electron chi connectivity index (χ0n) is 15.2. The minimum Gasteiger partial charge on any atom is -0.612 e. The molecule has 27 heavy (non-hydrogen) atoms. The number of aromatic amines is 1. The van der Waals surface area contributed by atoms with Gasteiger partial charge in [-0.1, -0.05) is 6.07 Å². The zero-order valence-corrected chi connectivity index (χ0v) is 16.0. The van der Waals surface area contributed by atoms with Gasteiger partial charge in [0, 0.05) is 30.9 Å². The van der Waals surface area contributed by atoms with Crippen molar-refractivity contribution in [2.75, 3.05) is 17.7 Å². The largest absolute Gasteiger partial charge is 0.612 e. The number of fused-ring (bicyclic) bond motifs is 1. The fourth-order valence-corrected chi connectivity index (χ4v) is 4.30. The number of hydrogen-bond acceptors (Lipinski definition) is 2. The Morgan fingerprint density at radius 3 is 2.52 bits per heavy atom. The first-order valence-electron chi connectivity index (χ1n) is 8.78. The number of rotatable bonds is 3. The molecule has 0 unspecified atom stereocenters. The van der Waals surface area contributed by atoms with Crippen LogP contribution in [0.3, 0.4) is 0 Å². The number of H-pyrrole nitrogens is 1. The van der Waals surface area contributed by atoms with E-state index in [0.29, 0.717) is 12.2 Å². The number of nitrogens with one attached hydrogen (secondary N) is 1. The van der Waals surface area contributed by atoms with Crippen LogP contribution < -0.4 is 4.90 Å². The maximum atomic E-state index is 14.1. The van der Waals surface area contributed by atoms with E-state index in [4.69, 9.17) is 0 Å². The van der Waals surface area contributed by atoms with E-state index in [2.05, 4.69) is 9.88 Å². The summed E-state index contributed by atoms with van der Waals surface area (Å²) in [6.07, 6.45) is 2.44. The maximum Gasteiger partial charge on any atom is 0.152 e. The highest BCUT2D eigenvalue weighted by atomic mass is 32.2. The number of benzene rings is 2. The summed E-state index contributed by atoms with van der Waals surface area (Å²) in [5.41, 5.74) is 4.70. The minimum atomic E-state index is -1.01. The van der Waals surface area contributed by atoms with E-state index in [9.17, 15) is 13.3 Å². The average Bonchev–Trinajstić information content (AvgIpc) is 3.04. The Balaban J connectivity index is 1.64. The lowest BCUT2D eigenvalue weighted by Gasteiger charge is -2.30. The average molecular weight is 386 g/mol. The Kier molecular flexibility index (Phi) is 4.70. The molecule has 1 N–H and O–H groups in total. The molecular formula is C21H20F2N2OS. The number of hydrogen-bond donors (Lipinski definition) is 1. The molecule has 0 fully saturated rings. The van der Waals surface area contributed by atoms with E-state index in [1.54, 1.807) is 6.26 Å². The molecule has 0 aliphatic carbocycles. The van der Waals surface area contributed by atoms with Crippen molar-refractivity contribution in [1.29, 1.82) is 0 Å². The van der Waals surface area contributed by atoms with Crippen LogP contribution >= 0.6 is 0 Å². The molecule has 1 atom stereocenters. The number of nitrogens with zero attached hydrogens (tertiary/aromatic N) is 1. The summed E-state index contributed by atoms with van der Waals surface area (Å²) >= 11 is -1.01. The van der Waals surface area contributed by atoms with Crippen molar-refractivity contribution in [1.82, 2.24) is 4.98 Å². The van der Waals surface area contributed by atoms with Gasteiger partial charge in [-0.25, -0.2) is 8.78 Å². The molecule has 6 heteroatoms. The highest BCUT2D eigenvalue weighted by molar-refractivity contribution is 7.90. The van der Waals surface area contributed by atoms with Crippen molar-refractivity contribution in [2.45, 2.75) is 24.8 Å². The molecule has 0 radical (unpaired) electrons. The third-order valence-electron chi connectivity index (χ3n) is 5.06. The van der Waals surface area contributed by atoms with Gasteiger partial charge in [0.15, 0.2) is 4.90 Å². The molecule has 1 aliphatic heterocycles. The molecule has 2 heterocycles. The van der Waals surface area contributed by atoms with Gasteiger partial charge in [0.25, 0.3) is 0 Å². The van der Waals surface area contributed by atoms with Gasteiger partial charge in [0.1, 0.15) is 17.9 Å². The number of aryl methyl sites for hydroxylation is 1. The van der Waals surface area contributed by atoms with Crippen molar-refractivity contribution in [2.24, 2.45) is 0 Å². The molecule has 0 bridgehead atoms. The summed E-state index contributed by atoms with van der Waals surface area (Å²) in [6, 6.07) is 11.6. The molecule has 0 spiro atoms. The first-order chi connectivity index (χ1) is 12.9. The fraction of sp³-hybridized carbons (Fsp3) is 0.238. The van der Waals surface area contributed by atoms with E-state index in [0.717, 1.165) is 40.4 Å². The van der Waals surface area contributed by atoms with Crippen LogP contribution in [0.5, 0.6) is 0 Å². The smallest absolute Gasteiger partial charge is 0.152 e. The Hall–Kier alpha value is -2.31. The molecule has 0 saturated heterocycles. The third kappa shape index (κ3) is 3.35. The number of anilines is 1. The Morgan fingerprint density at radius 2 is 1.85 bits per heavy atom. The van der Waals surface area contributed by atoms with Crippen LogP contribution in [-0.4, -0.2) is 22.3 Å². The van der Waals surface area contributed by atoms with Gasteiger partial charge >= 0.3 is 0 Å². The predicted molar refractivity (Wildman–Crippen MR) is 104 cm³/mol. The number of halogens is 2. The second-order valence-electron chi connectivity index (χ2n) is 6.86. The molecule has 4 rings (SSSR count). The van der Waals surface area contributed by atoms with Crippen molar-refractivity contribution in [3.8, 4) is 11.3 Å². The predicted octanol–water partition coefficient (Wildman–Crippen LogP) is 4.57. The highest BCUT2D eigenvalue weighted by Crippen LogP contribution is 2.32. The normalized spacial score (nSPS) is 14.9. The summed E-state index contributed by atoms with van der Waals surface area (Å²) < 4.78 is 39.9. The lowest BCUT2D eigenvalue weighted by Crippen LogP contribution is -2.30. The molecule has 1 aromatic heterocycles. The zero-order chi connectivity index (χ0) is 19.1. The molecule has 1 aliphatic rings. The van der Waals surface area contributed by atoms with Gasteiger partial charge in [-0.2, -0.15) is 0 Å². The van der Waals surface area contributed by atoms with Crippen LogP contribution in [0.25, 0.3) is 11.3 Å². The molecule has 0 amide bonds. The standard InChI is InChI=1S/C21H20F2N2OS/c1-13-10-15(27(2)26)6-7-20(13)25-9-8-18-14(12-25)11-19(24-18)21-16(22)4-3-5-17(21)23/h3-7,10-11,24H,8-9,12H2,1-2H3/t27-/m0/s1. The van der Waals surface area contributed by atoms with Gasteiger partial charge in [0.2, 0.25) is 0 Å². The van der Waals surface area contributed by atoms with Crippen LogP contribution in [0.4, 0.5) is 14.5 Å². The van der Waals surface area contributed by atoms with Gasteiger partial charge in [-0.05, 0) is 65.6 Å². The highest BCUT2D eigenvalue weighted by Gasteiger charge is 2.23. The van der Waals surface area contributed by atoms with Crippen LogP contribution in [-0.2, 0) is 24.1 Å². The summed E-state index contributed by atoms with van der Waals surface area (Å²) in [7, 11) is 0. The van der Waals surface area contributed by atoms with E-state index in [-0.39, 0.29) is 5.56 Å². The van der Waals surface area contributed by atoms with Gasteiger partial charge in [-0.15, -0.1) is 0 Å². The Bertz CT molecular complexity index is 980. The monoisotopic (exact) mass is 386 g/mol. The van der Waals surface area contributed by atoms with Gasteiger partial charge in [0.05, 0.1) is 11.3 Å². The van der Waals surface area contributed by atoms with Crippen LogP contribution in [0.2, 0.25) is 0 Å². The molecular weight excluding hydrogens is 366 g/mol. The Labute approximate surface area is 160 Å². The lowest BCUT2D eigenvalue weighted by atomic mass is 10.0. The third-order valence-corrected chi connectivity index (χ3v) is 5.98. The van der Waals surface area contributed by atoms with E-state index in [1.807, 2.05) is 31.2 Å². The maximum absolute atomic E-state index is 14.1. The summed E-state index contributed by atoms with van der Waals surface area (Å²) in [5.74, 6) is -1.13. The minimum absolute atomic E-state index is 0.00981. The molecule has 3 nitrogen and oxygen atoms in total. The van der Waals surface area contributed by atoms with Crippen LogP contribution in [0.15, 0.2) is 47.4 Å². The second kappa shape index (κ2) is 7.02. The summed E-state index contributed by atoms with van der Waals surface area (Å²) in [5, 5.41) is 0. The fourth-order valence-electron chi connectivity index (χ4n) is 3.69. The van der Waals surface area contributed by atoms with E-state index < -0.39 is 22.8 Å². The SMILES string of the molecule is Cc1cc([S@+](C)[O-])ccc1N1CCc2[nH]c(-c3c(F)cccc3F)cc2C1. The quantitative estimate of drug-likeness (QED) is 0.670. The van der Waals surface area contributed by atoms with Crippen LogP contribution in [0.1, 0.15) is 16.8 Å². The van der Waals surface area contributed by atoms with Gasteiger partial charge in [-0.3, -0.25) is 0 Å². The molecule has 3 aromatic rings. The summed E-state index contributed by atoms with van der Waals surface area (Å²) in [4.78, 5) is 6.25. The van der Waals surface area contributed by atoms with Crippen molar-refractivity contribution in [3.63, 3.8) is 0 Å². The first kappa shape index (κ1) is 18.1. The second-order valence-corrected chi connectivity index (χ2v) is 8.24. The van der Waals surface area contributed by atoms with E-state index >= 15 is 0 Å². The van der Waals surface area contributed by atoms with Crippen molar-refractivity contribution in [3.05, 3.63) is 70.9 Å². The number of aromatic nitrogens is 1. The van der Waals surface area contributed by atoms with Gasteiger partial charge < -0.3 is 14.4 Å². The molecule has 140 valence electrons. The first-order valence-corrected chi connectivity index (χ1v) is 10.3. The van der Waals surface area contributed by atoms with E-state index in [1.165, 1.54) is 18.2 Å². The van der Waals surface area contributed by atoms with Crippen molar-refractivity contribution >= 4 is 16.9 Å². The summed E-state index contributed by atoms with van der Waals surface area (Å²) in [6.45, 7) is 3.48. The Morgan fingerprint density at radius 1 is 1.11 bits per heavy atom. The topological polar surface area (TPSA) is 42.1 Å². The van der Waals surface area contributed by atoms with Crippen LogP contribution in [0, 0.1) is 18.6 Å². The molecule has 2 aromatic carbocycles.